The summed E-state index contributed by atoms with van der Waals surface area (Å²) in [5.41, 5.74) is 1.03. The van der Waals surface area contributed by atoms with Crippen molar-refractivity contribution in [3.63, 3.8) is 0 Å². The van der Waals surface area contributed by atoms with Gasteiger partial charge in [0, 0.05) is 44.1 Å². The maximum atomic E-state index is 13.4. The van der Waals surface area contributed by atoms with Crippen LogP contribution in [0.4, 0.5) is 0 Å². The Morgan fingerprint density at radius 1 is 1.03 bits per heavy atom. The lowest BCUT2D eigenvalue weighted by molar-refractivity contribution is 0.187. The third-order valence-corrected chi connectivity index (χ3v) is 8.23. The molecule has 1 aliphatic carbocycles. The van der Waals surface area contributed by atoms with Crippen LogP contribution in [0, 0.1) is 5.92 Å². The molecule has 1 saturated heterocycles. The average molecular weight is 430 g/mol. The molecule has 7 heteroatoms. The Kier molecular flexibility index (Phi) is 6.71. The van der Waals surface area contributed by atoms with Crippen LogP contribution in [0.2, 0.25) is 0 Å². The molecule has 1 atom stereocenters. The second-order valence-corrected chi connectivity index (χ2v) is 10.3. The third-order valence-electron chi connectivity index (χ3n) is 6.35. The van der Waals surface area contributed by atoms with Crippen molar-refractivity contribution in [2.24, 2.45) is 5.92 Å². The fourth-order valence-electron chi connectivity index (χ4n) is 4.76. The van der Waals surface area contributed by atoms with Gasteiger partial charge in [-0.05, 0) is 61.6 Å². The number of hydrogen-bond acceptors (Lipinski definition) is 5. The van der Waals surface area contributed by atoms with Crippen LogP contribution in [0.15, 0.2) is 53.6 Å². The first-order valence-electron chi connectivity index (χ1n) is 10.8. The zero-order valence-electron chi connectivity index (χ0n) is 17.6. The van der Waals surface area contributed by atoms with Crippen molar-refractivity contribution >= 4 is 10.0 Å². The summed E-state index contributed by atoms with van der Waals surface area (Å²) in [4.78, 5) is 7.35. The highest BCUT2D eigenvalue weighted by molar-refractivity contribution is 7.89. The van der Waals surface area contributed by atoms with Gasteiger partial charge < -0.3 is 4.74 Å². The Bertz CT molecular complexity index is 912. The molecule has 0 unspecified atom stereocenters. The molecule has 30 heavy (non-hydrogen) atoms. The first-order valence-corrected chi connectivity index (χ1v) is 12.3. The lowest BCUT2D eigenvalue weighted by Gasteiger charge is -2.29. The molecule has 0 amide bonds. The van der Waals surface area contributed by atoms with Crippen molar-refractivity contribution < 1.29 is 13.2 Å². The normalized spacial score (nSPS) is 22.1. The number of rotatable bonds is 6. The summed E-state index contributed by atoms with van der Waals surface area (Å²) in [7, 11) is -1.97. The zero-order chi connectivity index (χ0) is 21.0. The predicted molar refractivity (Wildman–Crippen MR) is 117 cm³/mol. The lowest BCUT2D eigenvalue weighted by atomic mass is 10.0. The minimum atomic E-state index is -3.55. The van der Waals surface area contributed by atoms with Gasteiger partial charge in [0.2, 0.25) is 10.0 Å². The monoisotopic (exact) mass is 429 g/mol. The maximum absolute atomic E-state index is 13.4. The zero-order valence-corrected chi connectivity index (χ0v) is 18.4. The van der Waals surface area contributed by atoms with Gasteiger partial charge in [0.1, 0.15) is 5.75 Å². The van der Waals surface area contributed by atoms with Gasteiger partial charge in [-0.2, -0.15) is 4.31 Å². The Morgan fingerprint density at radius 2 is 1.80 bits per heavy atom. The average Bonchev–Trinajstić information content (AvgIpc) is 3.22. The molecule has 0 bridgehead atoms. The SMILES string of the molecule is COc1ccc(S(=O)(=O)N2CCN(C3CCCC3)C[C@@H](Cc3ccccn3)C2)cc1. The van der Waals surface area contributed by atoms with Crippen LogP contribution in [-0.2, 0) is 16.4 Å². The van der Waals surface area contributed by atoms with E-state index in [4.69, 9.17) is 4.74 Å². The van der Waals surface area contributed by atoms with E-state index in [1.54, 1.807) is 35.7 Å². The van der Waals surface area contributed by atoms with Gasteiger partial charge in [-0.3, -0.25) is 9.88 Å². The Balaban J connectivity index is 1.57. The van der Waals surface area contributed by atoms with Crippen molar-refractivity contribution in [1.82, 2.24) is 14.2 Å². The van der Waals surface area contributed by atoms with Crippen LogP contribution in [0.1, 0.15) is 31.4 Å². The van der Waals surface area contributed by atoms with Crippen molar-refractivity contribution in [2.45, 2.75) is 43.0 Å². The molecule has 0 radical (unpaired) electrons. The highest BCUT2D eigenvalue weighted by Gasteiger charge is 2.34. The van der Waals surface area contributed by atoms with Gasteiger partial charge in [-0.15, -0.1) is 0 Å². The van der Waals surface area contributed by atoms with Gasteiger partial charge in [-0.25, -0.2) is 8.42 Å². The van der Waals surface area contributed by atoms with E-state index in [9.17, 15) is 8.42 Å². The van der Waals surface area contributed by atoms with E-state index in [1.807, 2.05) is 24.4 Å². The number of aromatic nitrogens is 1. The van der Waals surface area contributed by atoms with E-state index in [-0.39, 0.29) is 5.92 Å². The molecular weight excluding hydrogens is 398 g/mol. The largest absolute Gasteiger partial charge is 0.497 e. The molecule has 1 aromatic carbocycles. The van der Waals surface area contributed by atoms with E-state index >= 15 is 0 Å². The molecule has 0 spiro atoms. The second-order valence-electron chi connectivity index (χ2n) is 8.36. The van der Waals surface area contributed by atoms with Gasteiger partial charge in [0.15, 0.2) is 0 Å². The lowest BCUT2D eigenvalue weighted by Crippen LogP contribution is -2.38. The highest BCUT2D eigenvalue weighted by Crippen LogP contribution is 2.28. The quantitative estimate of drug-likeness (QED) is 0.706. The van der Waals surface area contributed by atoms with Crippen LogP contribution in [0.3, 0.4) is 0 Å². The molecule has 0 N–H and O–H groups in total. The maximum Gasteiger partial charge on any atom is 0.243 e. The van der Waals surface area contributed by atoms with Gasteiger partial charge >= 0.3 is 0 Å². The van der Waals surface area contributed by atoms with E-state index in [0.29, 0.717) is 29.8 Å². The van der Waals surface area contributed by atoms with Gasteiger partial charge in [0.05, 0.1) is 12.0 Å². The second kappa shape index (κ2) is 9.45. The van der Waals surface area contributed by atoms with E-state index in [1.165, 1.54) is 25.7 Å². The molecule has 2 aromatic rings. The molecule has 2 fully saturated rings. The molecular formula is C23H31N3O3S. The molecule has 2 heterocycles. The van der Waals surface area contributed by atoms with Crippen molar-refractivity contribution in [3.05, 3.63) is 54.4 Å². The summed E-state index contributed by atoms with van der Waals surface area (Å²) >= 11 is 0. The third kappa shape index (κ3) is 4.85. The molecule has 4 rings (SSSR count). The summed E-state index contributed by atoms with van der Waals surface area (Å²) < 4.78 is 33.7. The van der Waals surface area contributed by atoms with E-state index < -0.39 is 10.0 Å². The smallest absolute Gasteiger partial charge is 0.243 e. The molecule has 1 aromatic heterocycles. The summed E-state index contributed by atoms with van der Waals surface area (Å²) in [6.45, 7) is 2.77. The minimum absolute atomic E-state index is 0.219. The summed E-state index contributed by atoms with van der Waals surface area (Å²) in [6, 6.07) is 13.2. The first-order chi connectivity index (χ1) is 14.6. The number of methoxy groups -OCH3 is 1. The molecule has 6 nitrogen and oxygen atoms in total. The van der Waals surface area contributed by atoms with E-state index in [0.717, 1.165) is 25.2 Å². The standard InChI is InChI=1S/C23H31N3O3S/c1-29-22-9-11-23(12-10-22)30(27,28)26-15-14-25(21-7-2-3-8-21)17-19(18-26)16-20-6-4-5-13-24-20/h4-6,9-13,19,21H,2-3,7-8,14-18H2,1H3/t19-/m1/s1. The molecule has 1 saturated carbocycles. The number of hydrogen-bond donors (Lipinski definition) is 0. The van der Waals surface area contributed by atoms with Crippen molar-refractivity contribution in [3.8, 4) is 5.75 Å². The van der Waals surface area contributed by atoms with Crippen LogP contribution in [-0.4, -0.2) is 61.9 Å². The number of pyridine rings is 1. The number of nitrogens with zero attached hydrogens (tertiary/aromatic N) is 3. The summed E-state index contributed by atoms with van der Waals surface area (Å²) in [5, 5.41) is 0. The Labute approximate surface area is 179 Å². The Morgan fingerprint density at radius 3 is 2.47 bits per heavy atom. The van der Waals surface area contributed by atoms with Crippen LogP contribution < -0.4 is 4.74 Å². The summed E-state index contributed by atoms with van der Waals surface area (Å²) in [6.07, 6.45) is 7.61. The van der Waals surface area contributed by atoms with E-state index in [2.05, 4.69) is 9.88 Å². The number of sulfonamides is 1. The van der Waals surface area contributed by atoms with Crippen molar-refractivity contribution in [1.29, 1.82) is 0 Å². The minimum Gasteiger partial charge on any atom is -0.497 e. The van der Waals surface area contributed by atoms with Crippen LogP contribution in [0.5, 0.6) is 5.75 Å². The fourth-order valence-corrected chi connectivity index (χ4v) is 6.27. The Hall–Kier alpha value is -1.96. The number of benzene rings is 1. The van der Waals surface area contributed by atoms with Crippen molar-refractivity contribution in [2.75, 3.05) is 33.3 Å². The topological polar surface area (TPSA) is 62.7 Å². The predicted octanol–water partition coefficient (Wildman–Crippen LogP) is 3.20. The highest BCUT2D eigenvalue weighted by atomic mass is 32.2. The first kappa shape index (κ1) is 21.3. The molecule has 2 aliphatic rings. The fraction of sp³-hybridized carbons (Fsp3) is 0.522. The van der Waals surface area contributed by atoms with Gasteiger partial charge in [0.25, 0.3) is 0 Å². The summed E-state index contributed by atoms with van der Waals surface area (Å²) in [5.74, 6) is 0.876. The molecule has 162 valence electrons. The molecule has 1 aliphatic heterocycles. The number of ether oxygens (including phenoxy) is 1. The van der Waals surface area contributed by atoms with Crippen LogP contribution >= 0.6 is 0 Å². The van der Waals surface area contributed by atoms with Crippen LogP contribution in [0.25, 0.3) is 0 Å². The van der Waals surface area contributed by atoms with Gasteiger partial charge in [-0.1, -0.05) is 18.9 Å².